The monoisotopic (exact) mass is 386 g/mol. The Morgan fingerprint density at radius 3 is 1.41 bits per heavy atom. The molecule has 6 nitrogen and oxygen atoms in total. The number of hydrogen-bond acceptors (Lipinski definition) is 4. The average molecular weight is 387 g/mol. The summed E-state index contributed by atoms with van der Waals surface area (Å²) in [6.07, 6.45) is 21.2. The Morgan fingerprint density at radius 1 is 0.667 bits per heavy atom. The topological polar surface area (TPSA) is 84.8 Å². The van der Waals surface area contributed by atoms with Crippen LogP contribution >= 0.6 is 0 Å². The summed E-state index contributed by atoms with van der Waals surface area (Å²) in [7, 11) is 0. The van der Waals surface area contributed by atoms with Crippen LogP contribution in [-0.2, 0) is 4.84 Å². The molecule has 4 N–H and O–H groups in total. The summed E-state index contributed by atoms with van der Waals surface area (Å²) >= 11 is 0. The molecule has 27 heavy (non-hydrogen) atoms. The number of rotatable bonds is 19. The fourth-order valence-corrected chi connectivity index (χ4v) is 3.25. The molecule has 0 saturated heterocycles. The van der Waals surface area contributed by atoms with Crippen LogP contribution in [-0.4, -0.2) is 29.4 Å². The molecule has 0 radical (unpaired) electrons. The van der Waals surface area contributed by atoms with Crippen molar-refractivity contribution in [2.75, 3.05) is 13.2 Å². The van der Waals surface area contributed by atoms with Crippen molar-refractivity contribution >= 4 is 6.03 Å². The zero-order valence-corrected chi connectivity index (χ0v) is 18.1. The van der Waals surface area contributed by atoms with Crippen molar-refractivity contribution in [3.8, 4) is 0 Å². The first-order chi connectivity index (χ1) is 13.1. The van der Waals surface area contributed by atoms with Gasteiger partial charge >= 0.3 is 6.03 Å². The Balaban J connectivity index is 3.26. The number of amides is 2. The zero-order valence-electron chi connectivity index (χ0n) is 18.1. The first-order valence-corrected chi connectivity index (χ1v) is 11.4. The molecule has 0 bridgehead atoms. The lowest BCUT2D eigenvalue weighted by Crippen LogP contribution is -2.50. The van der Waals surface area contributed by atoms with Gasteiger partial charge in [0, 0.05) is 6.54 Å². The molecule has 6 heteroatoms. The van der Waals surface area contributed by atoms with Crippen molar-refractivity contribution in [2.45, 2.75) is 117 Å². The van der Waals surface area contributed by atoms with Gasteiger partial charge in [-0.1, -0.05) is 103 Å². The van der Waals surface area contributed by atoms with Crippen LogP contribution in [0.2, 0.25) is 0 Å². The van der Waals surface area contributed by atoms with Crippen LogP contribution in [0.25, 0.3) is 0 Å². The van der Waals surface area contributed by atoms with Crippen molar-refractivity contribution < 1.29 is 9.63 Å². The van der Waals surface area contributed by atoms with Gasteiger partial charge in [0.2, 0.25) is 0 Å². The van der Waals surface area contributed by atoms with Gasteiger partial charge in [-0.15, -0.1) is 5.17 Å². The number of carbonyl (C=O) groups is 1. The molecule has 0 unspecified atom stereocenters. The van der Waals surface area contributed by atoms with Crippen molar-refractivity contribution in [3.05, 3.63) is 0 Å². The van der Waals surface area contributed by atoms with E-state index in [9.17, 15) is 4.79 Å². The van der Waals surface area contributed by atoms with E-state index in [2.05, 4.69) is 6.92 Å². The van der Waals surface area contributed by atoms with Gasteiger partial charge in [-0.25, -0.2) is 16.5 Å². The second kappa shape index (κ2) is 19.9. The molecule has 0 aromatic carbocycles. The van der Waals surface area contributed by atoms with E-state index < -0.39 is 6.03 Å². The lowest BCUT2D eigenvalue weighted by atomic mass is 10.0. The molecular formula is C21H46N4O2. The summed E-state index contributed by atoms with van der Waals surface area (Å²) in [6.45, 7) is 4.90. The number of nitrogens with zero attached hydrogens (tertiary/aromatic N) is 2. The van der Waals surface area contributed by atoms with Crippen LogP contribution in [0.15, 0.2) is 0 Å². The summed E-state index contributed by atoms with van der Waals surface area (Å²) in [5, 5.41) is 1.83. The maximum absolute atomic E-state index is 11.7. The van der Waals surface area contributed by atoms with Gasteiger partial charge in [0.15, 0.2) is 0 Å². The molecular weight excluding hydrogens is 340 g/mol. The second-order valence-electron chi connectivity index (χ2n) is 7.52. The Bertz CT molecular complexity index is 329. The molecule has 0 saturated carbocycles. The maximum atomic E-state index is 11.7. The van der Waals surface area contributed by atoms with E-state index >= 15 is 0 Å². The molecule has 0 aliphatic rings. The third-order valence-electron chi connectivity index (χ3n) is 4.95. The van der Waals surface area contributed by atoms with E-state index in [0.717, 1.165) is 17.9 Å². The number of hydroxylamine groups is 1. The molecule has 162 valence electrons. The first-order valence-electron chi connectivity index (χ1n) is 11.4. The van der Waals surface area contributed by atoms with Crippen molar-refractivity contribution in [1.29, 1.82) is 0 Å². The van der Waals surface area contributed by atoms with Gasteiger partial charge in [0.1, 0.15) is 0 Å². The lowest BCUT2D eigenvalue weighted by molar-refractivity contribution is -0.123. The fourth-order valence-electron chi connectivity index (χ4n) is 3.25. The molecule has 0 atom stereocenters. The Kier molecular flexibility index (Phi) is 19.3. The van der Waals surface area contributed by atoms with Gasteiger partial charge in [-0.2, -0.15) is 0 Å². The van der Waals surface area contributed by atoms with Crippen LogP contribution in [0.3, 0.4) is 0 Å². The van der Waals surface area contributed by atoms with Crippen LogP contribution < -0.4 is 11.7 Å². The van der Waals surface area contributed by atoms with E-state index in [1.54, 1.807) is 6.92 Å². The average Bonchev–Trinajstić information content (AvgIpc) is 2.67. The number of unbranched alkanes of at least 4 members (excludes halogenated alkanes) is 15. The van der Waals surface area contributed by atoms with Gasteiger partial charge in [0.05, 0.1) is 6.61 Å². The predicted octanol–water partition coefficient (Wildman–Crippen LogP) is 5.67. The van der Waals surface area contributed by atoms with Gasteiger partial charge < -0.3 is 0 Å². The summed E-state index contributed by atoms with van der Waals surface area (Å²) in [4.78, 5) is 16.6. The van der Waals surface area contributed by atoms with Crippen LogP contribution in [0.1, 0.15) is 117 Å². The highest BCUT2D eigenvalue weighted by atomic mass is 16.7. The largest absolute Gasteiger partial charge is 0.373 e. The zero-order chi connectivity index (χ0) is 20.2. The summed E-state index contributed by atoms with van der Waals surface area (Å²) in [5.41, 5.74) is 0. The predicted molar refractivity (Wildman–Crippen MR) is 113 cm³/mol. The van der Waals surface area contributed by atoms with Crippen molar-refractivity contribution in [3.63, 3.8) is 0 Å². The molecule has 0 aliphatic carbocycles. The second-order valence-corrected chi connectivity index (χ2v) is 7.52. The van der Waals surface area contributed by atoms with Gasteiger partial charge in [-0.05, 0) is 13.3 Å². The standard InChI is InChI=1S/C21H46N4O2/c1-3-5-6-7-8-9-10-11-12-13-14-15-16-17-18-19-20-24(22)21(26)25(23)27-4-2/h3-20,22-23H2,1-2H3. The molecule has 0 rings (SSSR count). The quantitative estimate of drug-likeness (QED) is 0.130. The fraction of sp³-hybridized carbons (Fsp3) is 0.952. The van der Waals surface area contributed by atoms with E-state index in [0.29, 0.717) is 18.3 Å². The highest BCUT2D eigenvalue weighted by Crippen LogP contribution is 2.13. The van der Waals surface area contributed by atoms with Gasteiger partial charge in [0.25, 0.3) is 0 Å². The van der Waals surface area contributed by atoms with Crippen LogP contribution in [0.4, 0.5) is 4.79 Å². The Morgan fingerprint density at radius 2 is 1.04 bits per heavy atom. The minimum absolute atomic E-state index is 0.342. The van der Waals surface area contributed by atoms with Gasteiger partial charge in [-0.3, -0.25) is 9.85 Å². The Labute approximate surface area is 167 Å². The lowest BCUT2D eigenvalue weighted by Gasteiger charge is -2.22. The SMILES string of the molecule is CCCCCCCCCCCCCCCCCCN(N)C(=O)N(N)OCC. The number of hydrogen-bond donors (Lipinski definition) is 2. The number of nitrogens with two attached hydrogens (primary N) is 2. The smallest absolute Gasteiger partial charge is 0.259 e. The third-order valence-corrected chi connectivity index (χ3v) is 4.95. The van der Waals surface area contributed by atoms with Crippen molar-refractivity contribution in [2.24, 2.45) is 11.7 Å². The van der Waals surface area contributed by atoms with Crippen LogP contribution in [0.5, 0.6) is 0 Å². The van der Waals surface area contributed by atoms with Crippen molar-refractivity contribution in [1.82, 2.24) is 10.2 Å². The molecule has 0 aromatic heterocycles. The summed E-state index contributed by atoms with van der Waals surface area (Å²) < 4.78 is 0. The maximum Gasteiger partial charge on any atom is 0.373 e. The molecule has 0 spiro atoms. The molecule has 0 aliphatic heterocycles. The number of urea groups is 1. The minimum atomic E-state index is -0.502. The third kappa shape index (κ3) is 17.0. The molecule has 2 amide bonds. The first kappa shape index (κ1) is 26.1. The summed E-state index contributed by atoms with van der Waals surface area (Å²) in [6, 6.07) is -0.502. The van der Waals surface area contributed by atoms with E-state index in [4.69, 9.17) is 16.5 Å². The minimum Gasteiger partial charge on any atom is -0.259 e. The highest BCUT2D eigenvalue weighted by molar-refractivity contribution is 5.71. The molecule has 0 aromatic rings. The molecule has 0 fully saturated rings. The molecule has 0 heterocycles. The van der Waals surface area contributed by atoms with E-state index in [1.807, 2.05) is 0 Å². The number of hydrazine groups is 2. The summed E-state index contributed by atoms with van der Waals surface area (Å²) in [5.74, 6) is 11.1. The van der Waals surface area contributed by atoms with E-state index in [-0.39, 0.29) is 0 Å². The number of carbonyl (C=O) groups excluding carboxylic acids is 1. The van der Waals surface area contributed by atoms with E-state index in [1.165, 1.54) is 89.9 Å². The van der Waals surface area contributed by atoms with Crippen LogP contribution in [0, 0.1) is 0 Å². The highest BCUT2D eigenvalue weighted by Gasteiger charge is 2.15. The normalized spacial score (nSPS) is 11.0. The Hall–Kier alpha value is -0.850.